The fraction of sp³-hybridized carbons (Fsp3) is 0.143. The number of hydrogen-bond acceptors (Lipinski definition) is 4. The van der Waals surface area contributed by atoms with Crippen molar-refractivity contribution in [3.63, 3.8) is 0 Å². The lowest BCUT2D eigenvalue weighted by atomic mass is 10.1. The van der Waals surface area contributed by atoms with Crippen molar-refractivity contribution in [1.82, 2.24) is 4.98 Å². The second kappa shape index (κ2) is 5.71. The average molecular weight is 292 g/mol. The third kappa shape index (κ3) is 3.42. The van der Waals surface area contributed by atoms with Crippen molar-refractivity contribution in [3.05, 3.63) is 47.5 Å². The highest BCUT2D eigenvalue weighted by atomic mass is 19.4. The molecular formula is C14H11F3N4. The number of benzene rings is 1. The molecule has 0 aliphatic carbocycles. The van der Waals surface area contributed by atoms with Gasteiger partial charge in [-0.15, -0.1) is 0 Å². The minimum Gasteiger partial charge on any atom is -0.373 e. The van der Waals surface area contributed by atoms with Crippen molar-refractivity contribution < 1.29 is 13.2 Å². The van der Waals surface area contributed by atoms with Gasteiger partial charge in [-0.3, -0.25) is 0 Å². The molecule has 2 aromatic rings. The number of hydrogen-bond donors (Lipinski definition) is 2. The van der Waals surface area contributed by atoms with E-state index in [1.165, 1.54) is 12.1 Å². The van der Waals surface area contributed by atoms with Crippen LogP contribution in [0.4, 0.5) is 30.5 Å². The molecular weight excluding hydrogens is 281 g/mol. The maximum absolute atomic E-state index is 12.9. The molecule has 0 radical (unpaired) electrons. The molecule has 1 aromatic carbocycles. The lowest BCUT2D eigenvalue weighted by Crippen LogP contribution is -2.08. The first kappa shape index (κ1) is 14.7. The molecule has 1 aromatic heterocycles. The second-order valence-corrected chi connectivity index (χ2v) is 4.15. The Morgan fingerprint density at radius 1 is 1.14 bits per heavy atom. The second-order valence-electron chi connectivity index (χ2n) is 4.15. The first-order valence-electron chi connectivity index (χ1n) is 5.97. The Morgan fingerprint density at radius 2 is 1.86 bits per heavy atom. The summed E-state index contributed by atoms with van der Waals surface area (Å²) in [6.07, 6.45) is -4.58. The number of anilines is 3. The minimum atomic E-state index is -4.58. The molecule has 108 valence electrons. The number of nitrogens with zero attached hydrogens (tertiary/aromatic N) is 2. The van der Waals surface area contributed by atoms with Crippen molar-refractivity contribution >= 4 is 17.3 Å². The smallest absolute Gasteiger partial charge is 0.373 e. The number of rotatable bonds is 3. The maximum Gasteiger partial charge on any atom is 0.417 e. The summed E-state index contributed by atoms with van der Waals surface area (Å²) in [6.45, 7) is 0. The van der Waals surface area contributed by atoms with E-state index in [9.17, 15) is 13.2 Å². The van der Waals surface area contributed by atoms with Gasteiger partial charge in [-0.25, -0.2) is 4.98 Å². The summed E-state index contributed by atoms with van der Waals surface area (Å²) in [5.41, 5.74) is -1.17. The van der Waals surface area contributed by atoms with Crippen molar-refractivity contribution in [2.24, 2.45) is 0 Å². The van der Waals surface area contributed by atoms with Crippen LogP contribution in [0.1, 0.15) is 11.1 Å². The molecule has 0 atom stereocenters. The summed E-state index contributed by atoms with van der Waals surface area (Å²) >= 11 is 0. The quantitative estimate of drug-likeness (QED) is 0.904. The van der Waals surface area contributed by atoms with E-state index in [4.69, 9.17) is 5.26 Å². The predicted molar refractivity (Wildman–Crippen MR) is 73.2 cm³/mol. The van der Waals surface area contributed by atoms with Crippen LogP contribution in [-0.4, -0.2) is 12.0 Å². The zero-order valence-corrected chi connectivity index (χ0v) is 11.0. The minimum absolute atomic E-state index is 0.210. The standard InChI is InChI=1S/C14H11F3N4/c1-19-12-3-2-4-13(21-12)20-10-6-5-9(8-18)11(7-10)14(15,16)17/h2-7H,1H3,(H2,19,20,21). The third-order valence-corrected chi connectivity index (χ3v) is 2.72. The van der Waals surface area contributed by atoms with Crippen LogP contribution in [0.3, 0.4) is 0 Å². The highest BCUT2D eigenvalue weighted by Crippen LogP contribution is 2.34. The van der Waals surface area contributed by atoms with E-state index >= 15 is 0 Å². The number of halogens is 3. The van der Waals surface area contributed by atoms with Crippen molar-refractivity contribution in [1.29, 1.82) is 5.26 Å². The Morgan fingerprint density at radius 3 is 2.48 bits per heavy atom. The molecule has 4 nitrogen and oxygen atoms in total. The first-order valence-corrected chi connectivity index (χ1v) is 5.97. The van der Waals surface area contributed by atoms with Gasteiger partial charge in [0.05, 0.1) is 17.2 Å². The summed E-state index contributed by atoms with van der Waals surface area (Å²) < 4.78 is 38.6. The van der Waals surface area contributed by atoms with E-state index in [1.54, 1.807) is 25.2 Å². The van der Waals surface area contributed by atoms with Crippen LogP contribution in [0.25, 0.3) is 0 Å². The number of aromatic nitrogens is 1. The lowest BCUT2D eigenvalue weighted by molar-refractivity contribution is -0.137. The topological polar surface area (TPSA) is 60.7 Å². The van der Waals surface area contributed by atoms with E-state index < -0.39 is 17.3 Å². The molecule has 0 aliphatic rings. The summed E-state index contributed by atoms with van der Waals surface area (Å²) in [4.78, 5) is 4.15. The van der Waals surface area contributed by atoms with Crippen LogP contribution in [0.5, 0.6) is 0 Å². The average Bonchev–Trinajstić information content (AvgIpc) is 2.46. The lowest BCUT2D eigenvalue weighted by Gasteiger charge is -2.12. The van der Waals surface area contributed by atoms with E-state index in [0.717, 1.165) is 12.1 Å². The van der Waals surface area contributed by atoms with Crippen LogP contribution in [-0.2, 0) is 6.18 Å². The number of nitrogens with one attached hydrogen (secondary N) is 2. The highest BCUT2D eigenvalue weighted by molar-refractivity contribution is 5.61. The molecule has 2 N–H and O–H groups in total. The van der Waals surface area contributed by atoms with E-state index in [-0.39, 0.29) is 5.69 Å². The SMILES string of the molecule is CNc1cccc(Nc2ccc(C#N)c(C(F)(F)F)c2)n1. The van der Waals surface area contributed by atoms with Gasteiger partial charge in [0.2, 0.25) is 0 Å². The fourth-order valence-corrected chi connectivity index (χ4v) is 1.75. The van der Waals surface area contributed by atoms with Gasteiger partial charge in [-0.2, -0.15) is 18.4 Å². The normalized spacial score (nSPS) is 10.8. The molecule has 0 unspecified atom stereocenters. The zero-order valence-electron chi connectivity index (χ0n) is 11.0. The Hall–Kier alpha value is -2.75. The van der Waals surface area contributed by atoms with Gasteiger partial charge in [0.15, 0.2) is 0 Å². The molecule has 2 rings (SSSR count). The van der Waals surface area contributed by atoms with E-state index in [2.05, 4.69) is 15.6 Å². The van der Waals surface area contributed by atoms with E-state index in [0.29, 0.717) is 11.6 Å². The Labute approximate surface area is 119 Å². The summed E-state index contributed by atoms with van der Waals surface area (Å²) in [6, 6.07) is 10.0. The van der Waals surface area contributed by atoms with Gasteiger partial charge in [0, 0.05) is 12.7 Å². The van der Waals surface area contributed by atoms with Gasteiger partial charge in [-0.05, 0) is 30.3 Å². The van der Waals surface area contributed by atoms with Gasteiger partial charge in [-0.1, -0.05) is 6.07 Å². The zero-order chi connectivity index (χ0) is 15.5. The molecule has 0 spiro atoms. The molecule has 0 saturated carbocycles. The first-order chi connectivity index (χ1) is 9.94. The largest absolute Gasteiger partial charge is 0.417 e. The van der Waals surface area contributed by atoms with Crippen molar-refractivity contribution in [2.45, 2.75) is 6.18 Å². The van der Waals surface area contributed by atoms with Crippen LogP contribution in [0.2, 0.25) is 0 Å². The van der Waals surface area contributed by atoms with Crippen molar-refractivity contribution in [2.75, 3.05) is 17.7 Å². The van der Waals surface area contributed by atoms with Crippen LogP contribution in [0.15, 0.2) is 36.4 Å². The van der Waals surface area contributed by atoms with Gasteiger partial charge in [0.1, 0.15) is 11.6 Å². The maximum atomic E-state index is 12.9. The molecule has 0 fully saturated rings. The molecule has 0 bridgehead atoms. The molecule has 0 aliphatic heterocycles. The van der Waals surface area contributed by atoms with Crippen molar-refractivity contribution in [3.8, 4) is 6.07 Å². The molecule has 0 saturated heterocycles. The fourth-order valence-electron chi connectivity index (χ4n) is 1.75. The Kier molecular flexibility index (Phi) is 3.98. The number of pyridine rings is 1. The van der Waals surface area contributed by atoms with Gasteiger partial charge >= 0.3 is 6.18 Å². The van der Waals surface area contributed by atoms with E-state index in [1.807, 2.05) is 0 Å². The van der Waals surface area contributed by atoms with Crippen LogP contribution < -0.4 is 10.6 Å². The summed E-state index contributed by atoms with van der Waals surface area (Å²) in [5.74, 6) is 0.990. The summed E-state index contributed by atoms with van der Waals surface area (Å²) in [5, 5.41) is 14.4. The van der Waals surface area contributed by atoms with Gasteiger partial charge in [0.25, 0.3) is 0 Å². The Bertz CT molecular complexity index is 689. The monoisotopic (exact) mass is 292 g/mol. The molecule has 0 amide bonds. The van der Waals surface area contributed by atoms with Crippen LogP contribution in [0, 0.1) is 11.3 Å². The molecule has 7 heteroatoms. The highest BCUT2D eigenvalue weighted by Gasteiger charge is 2.33. The van der Waals surface area contributed by atoms with Crippen LogP contribution >= 0.6 is 0 Å². The molecule has 1 heterocycles. The van der Waals surface area contributed by atoms with Gasteiger partial charge < -0.3 is 10.6 Å². The predicted octanol–water partition coefficient (Wildman–Crippen LogP) is 3.76. The third-order valence-electron chi connectivity index (χ3n) is 2.72. The number of alkyl halides is 3. The summed E-state index contributed by atoms with van der Waals surface area (Å²) in [7, 11) is 1.69. The Balaban J connectivity index is 2.35. The number of nitriles is 1. The molecule has 21 heavy (non-hydrogen) atoms.